The minimum Gasteiger partial charge on any atom is -0.493 e. The van der Waals surface area contributed by atoms with E-state index in [1.54, 1.807) is 26.4 Å². The minimum atomic E-state index is -0.320. The van der Waals surface area contributed by atoms with Gasteiger partial charge in [-0.25, -0.2) is 9.78 Å². The number of nitrogens with one attached hydrogen (secondary N) is 1. The second-order valence-corrected chi connectivity index (χ2v) is 4.70. The van der Waals surface area contributed by atoms with Crippen molar-refractivity contribution in [1.82, 2.24) is 19.6 Å². The van der Waals surface area contributed by atoms with Gasteiger partial charge in [-0.1, -0.05) is 6.92 Å². The van der Waals surface area contributed by atoms with Crippen molar-refractivity contribution in [1.29, 1.82) is 0 Å². The van der Waals surface area contributed by atoms with Crippen molar-refractivity contribution >= 4 is 16.6 Å². The van der Waals surface area contributed by atoms with Crippen LogP contribution in [0.3, 0.4) is 0 Å². The molecule has 1 N–H and O–H groups in total. The van der Waals surface area contributed by atoms with Crippen LogP contribution in [0.25, 0.3) is 16.6 Å². The highest BCUT2D eigenvalue weighted by Crippen LogP contribution is 2.32. The zero-order valence-electron chi connectivity index (χ0n) is 12.1. The summed E-state index contributed by atoms with van der Waals surface area (Å²) in [5, 5.41) is 5.01. The lowest BCUT2D eigenvalue weighted by molar-refractivity contribution is 0.356. The second kappa shape index (κ2) is 5.08. The van der Waals surface area contributed by atoms with Gasteiger partial charge in [-0.2, -0.15) is 4.52 Å². The summed E-state index contributed by atoms with van der Waals surface area (Å²) in [5.41, 5.74) is 0.846. The smallest absolute Gasteiger partial charge is 0.348 e. The van der Waals surface area contributed by atoms with Gasteiger partial charge in [0.15, 0.2) is 23.0 Å². The third-order valence-corrected chi connectivity index (χ3v) is 3.32. The first-order valence-electron chi connectivity index (χ1n) is 6.71. The van der Waals surface area contributed by atoms with E-state index in [4.69, 9.17) is 9.47 Å². The molecule has 0 atom stereocenters. The number of aromatic nitrogens is 4. The van der Waals surface area contributed by atoms with Gasteiger partial charge >= 0.3 is 5.69 Å². The van der Waals surface area contributed by atoms with Crippen LogP contribution < -0.4 is 15.2 Å². The standard InChI is InChI=1S/C14H16N4O3/c1-4-5-12-16-13-8-6-10(20-2)11(21-3)7-9(8)15-14(19)18(13)17-12/h6-7H,4-5H2,1-3H3,(H,15,19). The Morgan fingerprint density at radius 3 is 2.62 bits per heavy atom. The first kappa shape index (κ1) is 13.4. The average molecular weight is 288 g/mol. The van der Waals surface area contributed by atoms with E-state index < -0.39 is 0 Å². The highest BCUT2D eigenvalue weighted by molar-refractivity contribution is 5.93. The van der Waals surface area contributed by atoms with Gasteiger partial charge < -0.3 is 14.5 Å². The van der Waals surface area contributed by atoms with Crippen LogP contribution in [-0.4, -0.2) is 33.8 Å². The summed E-state index contributed by atoms with van der Waals surface area (Å²) in [7, 11) is 3.12. The Morgan fingerprint density at radius 2 is 1.95 bits per heavy atom. The van der Waals surface area contributed by atoms with Crippen molar-refractivity contribution in [2.75, 3.05) is 14.2 Å². The van der Waals surface area contributed by atoms with Crippen molar-refractivity contribution in [2.24, 2.45) is 0 Å². The summed E-state index contributed by atoms with van der Waals surface area (Å²) in [6, 6.07) is 3.52. The van der Waals surface area contributed by atoms with Crippen LogP contribution in [0.2, 0.25) is 0 Å². The third kappa shape index (κ3) is 2.10. The number of hydrogen-bond donors (Lipinski definition) is 1. The van der Waals surface area contributed by atoms with Crippen LogP contribution in [0.1, 0.15) is 19.2 Å². The Bertz CT molecular complexity index is 866. The number of aryl methyl sites for hydroxylation is 1. The van der Waals surface area contributed by atoms with Crippen LogP contribution in [-0.2, 0) is 6.42 Å². The molecule has 21 heavy (non-hydrogen) atoms. The van der Waals surface area contributed by atoms with Crippen LogP contribution in [0.5, 0.6) is 11.5 Å². The van der Waals surface area contributed by atoms with Gasteiger partial charge in [-0.05, 0) is 12.5 Å². The van der Waals surface area contributed by atoms with Crippen LogP contribution >= 0.6 is 0 Å². The molecule has 0 bridgehead atoms. The van der Waals surface area contributed by atoms with Crippen LogP contribution in [0.4, 0.5) is 0 Å². The molecule has 7 heteroatoms. The number of aromatic amines is 1. The third-order valence-electron chi connectivity index (χ3n) is 3.32. The summed E-state index contributed by atoms with van der Waals surface area (Å²) in [5.74, 6) is 1.79. The highest BCUT2D eigenvalue weighted by Gasteiger charge is 2.14. The molecule has 0 aliphatic rings. The second-order valence-electron chi connectivity index (χ2n) is 4.70. The lowest BCUT2D eigenvalue weighted by Crippen LogP contribution is -2.17. The number of benzene rings is 1. The molecular formula is C14H16N4O3. The molecule has 7 nitrogen and oxygen atoms in total. The average Bonchev–Trinajstić information content (AvgIpc) is 2.91. The van der Waals surface area contributed by atoms with E-state index >= 15 is 0 Å². The number of H-pyrrole nitrogens is 1. The quantitative estimate of drug-likeness (QED) is 0.787. The maximum Gasteiger partial charge on any atom is 0.348 e. The summed E-state index contributed by atoms with van der Waals surface area (Å²) >= 11 is 0. The van der Waals surface area contributed by atoms with E-state index in [2.05, 4.69) is 15.1 Å². The molecule has 0 amide bonds. The van der Waals surface area contributed by atoms with E-state index in [9.17, 15) is 4.79 Å². The van der Waals surface area contributed by atoms with E-state index in [0.29, 0.717) is 28.5 Å². The molecule has 0 unspecified atom stereocenters. The number of ether oxygens (including phenoxy) is 2. The van der Waals surface area contributed by atoms with Crippen molar-refractivity contribution < 1.29 is 9.47 Å². The molecule has 2 aromatic heterocycles. The summed E-state index contributed by atoms with van der Waals surface area (Å²) in [4.78, 5) is 19.3. The highest BCUT2D eigenvalue weighted by atomic mass is 16.5. The molecule has 0 spiro atoms. The van der Waals surface area contributed by atoms with Crippen LogP contribution in [0.15, 0.2) is 16.9 Å². The molecule has 3 aromatic rings. The molecule has 0 aliphatic heterocycles. The molecule has 2 heterocycles. The van der Waals surface area contributed by atoms with E-state index in [1.807, 2.05) is 6.92 Å². The Hall–Kier alpha value is -2.57. The molecule has 0 radical (unpaired) electrons. The predicted molar refractivity (Wildman–Crippen MR) is 78.2 cm³/mol. The Labute approximate surface area is 120 Å². The fourth-order valence-electron chi connectivity index (χ4n) is 2.34. The number of fused-ring (bicyclic) bond motifs is 3. The Balaban J connectivity index is 2.38. The molecule has 110 valence electrons. The number of rotatable bonds is 4. The fraction of sp³-hybridized carbons (Fsp3) is 0.357. The van der Waals surface area contributed by atoms with E-state index in [1.165, 1.54) is 4.52 Å². The molecule has 0 fully saturated rings. The number of nitrogens with zero attached hydrogens (tertiary/aromatic N) is 3. The summed E-state index contributed by atoms with van der Waals surface area (Å²) in [6.07, 6.45) is 1.65. The van der Waals surface area contributed by atoms with Crippen molar-refractivity contribution in [2.45, 2.75) is 19.8 Å². The largest absolute Gasteiger partial charge is 0.493 e. The minimum absolute atomic E-state index is 0.320. The lowest BCUT2D eigenvalue weighted by Gasteiger charge is -2.09. The molecule has 0 aliphatic carbocycles. The molecule has 0 saturated carbocycles. The van der Waals surface area contributed by atoms with Gasteiger partial charge in [0.1, 0.15) is 0 Å². The van der Waals surface area contributed by atoms with Gasteiger partial charge in [-0.3, -0.25) is 0 Å². The van der Waals surface area contributed by atoms with E-state index in [-0.39, 0.29) is 5.69 Å². The van der Waals surface area contributed by atoms with Crippen LogP contribution in [0, 0.1) is 0 Å². The maximum atomic E-state index is 12.1. The van der Waals surface area contributed by atoms with E-state index in [0.717, 1.165) is 18.2 Å². The Morgan fingerprint density at radius 1 is 1.24 bits per heavy atom. The molecule has 1 aromatic carbocycles. The Kier molecular flexibility index (Phi) is 3.25. The number of methoxy groups -OCH3 is 2. The van der Waals surface area contributed by atoms with Gasteiger partial charge in [0.25, 0.3) is 0 Å². The summed E-state index contributed by atoms with van der Waals surface area (Å²) in [6.45, 7) is 2.04. The maximum absolute atomic E-state index is 12.1. The number of hydrogen-bond acceptors (Lipinski definition) is 5. The SMILES string of the molecule is CCCc1nc2c3cc(OC)c(OC)cc3[nH]c(=O)n2n1. The normalized spacial score (nSPS) is 11.2. The van der Waals surface area contributed by atoms with Crippen molar-refractivity contribution in [3.63, 3.8) is 0 Å². The zero-order valence-corrected chi connectivity index (χ0v) is 12.1. The fourth-order valence-corrected chi connectivity index (χ4v) is 2.34. The van der Waals surface area contributed by atoms with Gasteiger partial charge in [0.05, 0.1) is 19.7 Å². The molecule has 3 rings (SSSR count). The molecular weight excluding hydrogens is 272 g/mol. The lowest BCUT2D eigenvalue weighted by atomic mass is 10.2. The van der Waals surface area contributed by atoms with Gasteiger partial charge in [0, 0.05) is 17.9 Å². The molecule has 0 saturated heterocycles. The zero-order chi connectivity index (χ0) is 15.0. The van der Waals surface area contributed by atoms with Gasteiger partial charge in [0.2, 0.25) is 0 Å². The monoisotopic (exact) mass is 288 g/mol. The topological polar surface area (TPSA) is 81.5 Å². The first-order valence-corrected chi connectivity index (χ1v) is 6.71. The first-order chi connectivity index (χ1) is 10.2. The summed E-state index contributed by atoms with van der Waals surface area (Å²) < 4.78 is 11.8. The van der Waals surface area contributed by atoms with Crippen molar-refractivity contribution in [3.05, 3.63) is 28.4 Å². The van der Waals surface area contributed by atoms with Gasteiger partial charge in [-0.15, -0.1) is 5.10 Å². The van der Waals surface area contributed by atoms with Crippen molar-refractivity contribution in [3.8, 4) is 11.5 Å². The predicted octanol–water partition coefficient (Wildman–Crippen LogP) is 1.54.